The Morgan fingerprint density at radius 3 is 2.71 bits per heavy atom. The van der Waals surface area contributed by atoms with Crippen molar-refractivity contribution in [3.05, 3.63) is 42.0 Å². The topological polar surface area (TPSA) is 39.7 Å². The molecule has 1 aliphatic heterocycles. The minimum atomic E-state index is -0.106. The Morgan fingerprint density at radius 2 is 2.00 bits per heavy atom. The van der Waals surface area contributed by atoms with Gasteiger partial charge in [-0.25, -0.2) is 0 Å². The Balaban J connectivity index is 1.69. The number of rotatable bonds is 6. The van der Waals surface area contributed by atoms with E-state index in [0.29, 0.717) is 19.3 Å². The third-order valence-electron chi connectivity index (χ3n) is 4.63. The number of fused-ring (bicyclic) bond motifs is 1. The molecule has 2 aromatic carbocycles. The second kappa shape index (κ2) is 7.97. The molecule has 24 heavy (non-hydrogen) atoms. The van der Waals surface area contributed by atoms with Crippen LogP contribution in [0, 0.1) is 0 Å². The minimum absolute atomic E-state index is 0.106. The lowest BCUT2D eigenvalue weighted by atomic mass is 9.94. The molecule has 4 nitrogen and oxygen atoms in total. The van der Waals surface area contributed by atoms with E-state index in [0.717, 1.165) is 18.7 Å². The molecule has 0 radical (unpaired) electrons. The van der Waals surface area contributed by atoms with Crippen molar-refractivity contribution in [2.24, 2.45) is 0 Å². The van der Waals surface area contributed by atoms with Gasteiger partial charge in [0.1, 0.15) is 5.75 Å². The van der Waals surface area contributed by atoms with E-state index in [4.69, 9.17) is 14.2 Å². The third-order valence-corrected chi connectivity index (χ3v) is 4.63. The Morgan fingerprint density at radius 1 is 1.21 bits per heavy atom. The number of hydrogen-bond acceptors (Lipinski definition) is 4. The molecule has 0 spiro atoms. The maximum absolute atomic E-state index is 5.97. The molecule has 0 amide bonds. The predicted octanol–water partition coefficient (Wildman–Crippen LogP) is 3.69. The van der Waals surface area contributed by atoms with Gasteiger partial charge >= 0.3 is 0 Å². The monoisotopic (exact) mass is 329 g/mol. The summed E-state index contributed by atoms with van der Waals surface area (Å²) < 4.78 is 17.3. The first-order valence-electron chi connectivity index (χ1n) is 8.74. The standard InChI is InChI=1S/C20H27NO3/c1-4-21-14(2)10-20-23-12-16(13-24-20)18-7-5-6-15-11-17(22-3)8-9-19(15)18/h5-9,11,14,16,20-21H,4,10,12-13H2,1-3H3. The summed E-state index contributed by atoms with van der Waals surface area (Å²) in [6.07, 6.45) is 0.776. The summed E-state index contributed by atoms with van der Waals surface area (Å²) in [5.74, 6) is 1.15. The average Bonchev–Trinajstić information content (AvgIpc) is 2.61. The molecule has 1 aliphatic rings. The number of methoxy groups -OCH3 is 1. The first-order chi connectivity index (χ1) is 11.7. The predicted molar refractivity (Wildman–Crippen MR) is 96.7 cm³/mol. The molecule has 130 valence electrons. The summed E-state index contributed by atoms with van der Waals surface area (Å²) in [6, 6.07) is 13.0. The van der Waals surface area contributed by atoms with Crippen molar-refractivity contribution < 1.29 is 14.2 Å². The first kappa shape index (κ1) is 17.2. The van der Waals surface area contributed by atoms with Gasteiger partial charge in [-0.2, -0.15) is 0 Å². The molecule has 0 saturated carbocycles. The second-order valence-electron chi connectivity index (χ2n) is 6.42. The fraction of sp³-hybridized carbons (Fsp3) is 0.500. The summed E-state index contributed by atoms with van der Waals surface area (Å²) in [6.45, 7) is 6.66. The van der Waals surface area contributed by atoms with Crippen molar-refractivity contribution in [2.75, 3.05) is 26.9 Å². The molecule has 1 N–H and O–H groups in total. The lowest BCUT2D eigenvalue weighted by Gasteiger charge is -2.31. The van der Waals surface area contributed by atoms with Crippen LogP contribution in [0.1, 0.15) is 31.7 Å². The molecule has 1 unspecified atom stereocenters. The molecule has 4 heteroatoms. The molecule has 1 fully saturated rings. The van der Waals surface area contributed by atoms with E-state index in [9.17, 15) is 0 Å². The second-order valence-corrected chi connectivity index (χ2v) is 6.42. The lowest BCUT2D eigenvalue weighted by molar-refractivity contribution is -0.191. The third kappa shape index (κ3) is 3.89. The van der Waals surface area contributed by atoms with Gasteiger partial charge in [-0.3, -0.25) is 0 Å². The van der Waals surface area contributed by atoms with Crippen molar-refractivity contribution in [1.29, 1.82) is 0 Å². The van der Waals surface area contributed by atoms with Crippen LogP contribution in [-0.2, 0) is 9.47 Å². The smallest absolute Gasteiger partial charge is 0.159 e. The Hall–Kier alpha value is -1.62. The Kier molecular flexibility index (Phi) is 5.72. The highest BCUT2D eigenvalue weighted by atomic mass is 16.7. The van der Waals surface area contributed by atoms with Gasteiger partial charge < -0.3 is 19.5 Å². The fourth-order valence-corrected chi connectivity index (χ4v) is 3.35. The van der Waals surface area contributed by atoms with E-state index in [1.807, 2.05) is 6.07 Å². The van der Waals surface area contributed by atoms with Crippen molar-refractivity contribution in [1.82, 2.24) is 5.32 Å². The van der Waals surface area contributed by atoms with E-state index >= 15 is 0 Å². The van der Waals surface area contributed by atoms with Gasteiger partial charge in [0, 0.05) is 18.4 Å². The molecule has 2 aromatic rings. The van der Waals surface area contributed by atoms with E-state index in [1.54, 1.807) is 7.11 Å². The van der Waals surface area contributed by atoms with Crippen molar-refractivity contribution in [3.63, 3.8) is 0 Å². The van der Waals surface area contributed by atoms with Crippen LogP contribution in [0.4, 0.5) is 0 Å². The molecular formula is C20H27NO3. The SMILES string of the molecule is CCNC(C)CC1OCC(c2cccc3cc(OC)ccc23)CO1. The molecule has 0 bridgehead atoms. The summed E-state index contributed by atoms with van der Waals surface area (Å²) in [5, 5.41) is 5.83. The minimum Gasteiger partial charge on any atom is -0.497 e. The number of hydrogen-bond donors (Lipinski definition) is 1. The first-order valence-corrected chi connectivity index (χ1v) is 8.74. The van der Waals surface area contributed by atoms with Crippen LogP contribution in [0.5, 0.6) is 5.75 Å². The molecule has 1 heterocycles. The molecule has 1 saturated heterocycles. The normalized spacial score (nSPS) is 22.5. The van der Waals surface area contributed by atoms with Gasteiger partial charge in [0.15, 0.2) is 6.29 Å². The van der Waals surface area contributed by atoms with E-state index in [2.05, 4.69) is 49.5 Å². The van der Waals surface area contributed by atoms with E-state index < -0.39 is 0 Å². The van der Waals surface area contributed by atoms with Crippen LogP contribution in [0.15, 0.2) is 36.4 Å². The van der Waals surface area contributed by atoms with Crippen LogP contribution in [0.3, 0.4) is 0 Å². The fourth-order valence-electron chi connectivity index (χ4n) is 3.35. The molecular weight excluding hydrogens is 302 g/mol. The molecule has 3 rings (SSSR count). The van der Waals surface area contributed by atoms with Gasteiger partial charge in [0.25, 0.3) is 0 Å². The van der Waals surface area contributed by atoms with Crippen molar-refractivity contribution in [3.8, 4) is 5.75 Å². The van der Waals surface area contributed by atoms with Crippen LogP contribution in [0.25, 0.3) is 10.8 Å². The highest BCUT2D eigenvalue weighted by Gasteiger charge is 2.25. The molecule has 0 aliphatic carbocycles. The van der Waals surface area contributed by atoms with Crippen LogP contribution < -0.4 is 10.1 Å². The van der Waals surface area contributed by atoms with Gasteiger partial charge in [-0.15, -0.1) is 0 Å². The summed E-state index contributed by atoms with van der Waals surface area (Å²) >= 11 is 0. The van der Waals surface area contributed by atoms with E-state index in [1.165, 1.54) is 16.3 Å². The van der Waals surface area contributed by atoms with Crippen molar-refractivity contribution in [2.45, 2.75) is 38.5 Å². The summed E-state index contributed by atoms with van der Waals surface area (Å²) in [7, 11) is 1.70. The lowest BCUT2D eigenvalue weighted by Crippen LogP contribution is -2.37. The van der Waals surface area contributed by atoms with Gasteiger partial charge in [0.2, 0.25) is 0 Å². The number of ether oxygens (including phenoxy) is 3. The highest BCUT2D eigenvalue weighted by Crippen LogP contribution is 2.31. The largest absolute Gasteiger partial charge is 0.497 e. The van der Waals surface area contributed by atoms with Crippen LogP contribution >= 0.6 is 0 Å². The van der Waals surface area contributed by atoms with Crippen LogP contribution in [-0.4, -0.2) is 39.2 Å². The number of nitrogens with one attached hydrogen (secondary N) is 1. The highest BCUT2D eigenvalue weighted by molar-refractivity contribution is 5.87. The average molecular weight is 329 g/mol. The summed E-state index contributed by atoms with van der Waals surface area (Å²) in [5.41, 5.74) is 1.29. The molecule has 1 atom stereocenters. The quantitative estimate of drug-likeness (QED) is 0.877. The maximum Gasteiger partial charge on any atom is 0.159 e. The van der Waals surface area contributed by atoms with Gasteiger partial charge in [0.05, 0.1) is 20.3 Å². The summed E-state index contributed by atoms with van der Waals surface area (Å²) in [4.78, 5) is 0. The van der Waals surface area contributed by atoms with Crippen molar-refractivity contribution >= 4 is 10.8 Å². The van der Waals surface area contributed by atoms with Gasteiger partial charge in [-0.05, 0) is 41.9 Å². The zero-order valence-electron chi connectivity index (χ0n) is 14.7. The number of benzene rings is 2. The maximum atomic E-state index is 5.97. The Labute approximate surface area is 144 Å². The Bertz CT molecular complexity index is 665. The van der Waals surface area contributed by atoms with Crippen LogP contribution in [0.2, 0.25) is 0 Å². The van der Waals surface area contributed by atoms with Gasteiger partial charge in [-0.1, -0.05) is 31.2 Å². The zero-order valence-corrected chi connectivity index (χ0v) is 14.7. The molecule has 0 aromatic heterocycles. The van der Waals surface area contributed by atoms with E-state index in [-0.39, 0.29) is 12.2 Å². The zero-order chi connectivity index (χ0) is 16.9.